The Balaban J connectivity index is 1.54. The summed E-state index contributed by atoms with van der Waals surface area (Å²) in [5.41, 5.74) is 2.32. The molecule has 2 aromatic rings. The standard InChI is InChI=1S/C23H30N2O5/c1-14-8-18(21-15(2)16(3)22(28)30-19(21)9-14)29-12-20(27)25-11-17(26)10-23(13-25)4-6-24-7-5-23/h8-9,17,24,26H,4-7,10-13H2,1-3H3. The summed E-state index contributed by atoms with van der Waals surface area (Å²) in [5.74, 6) is 0.407. The molecule has 1 amide bonds. The van der Waals surface area contributed by atoms with Crippen molar-refractivity contribution in [3.05, 3.63) is 39.2 Å². The number of amides is 1. The van der Waals surface area contributed by atoms with Gasteiger partial charge in [0.25, 0.3) is 5.91 Å². The molecule has 1 spiro atoms. The van der Waals surface area contributed by atoms with Gasteiger partial charge in [0.05, 0.1) is 11.5 Å². The van der Waals surface area contributed by atoms with Crippen molar-refractivity contribution in [1.82, 2.24) is 10.2 Å². The van der Waals surface area contributed by atoms with Crippen LogP contribution in [0.1, 0.15) is 36.0 Å². The highest BCUT2D eigenvalue weighted by molar-refractivity contribution is 5.88. The van der Waals surface area contributed by atoms with Crippen LogP contribution in [0.5, 0.6) is 5.75 Å². The van der Waals surface area contributed by atoms with E-state index in [1.807, 2.05) is 19.9 Å². The summed E-state index contributed by atoms with van der Waals surface area (Å²) in [6, 6.07) is 3.67. The fourth-order valence-electron chi connectivity index (χ4n) is 4.89. The molecule has 4 rings (SSSR count). The van der Waals surface area contributed by atoms with Crippen LogP contribution < -0.4 is 15.7 Å². The Bertz CT molecular complexity index is 1020. The zero-order chi connectivity index (χ0) is 21.5. The largest absolute Gasteiger partial charge is 0.483 e. The van der Waals surface area contributed by atoms with Gasteiger partial charge in [0.2, 0.25) is 0 Å². The van der Waals surface area contributed by atoms with E-state index in [4.69, 9.17) is 9.15 Å². The number of aliphatic hydroxyl groups excluding tert-OH is 1. The van der Waals surface area contributed by atoms with E-state index in [1.54, 1.807) is 17.9 Å². The highest BCUT2D eigenvalue weighted by atomic mass is 16.5. The van der Waals surface area contributed by atoms with Crippen LogP contribution in [0.4, 0.5) is 0 Å². The SMILES string of the molecule is Cc1cc(OCC(=O)N2CC(O)CC3(CCNCC3)C2)c2c(C)c(C)c(=O)oc2c1. The predicted molar refractivity (Wildman–Crippen MR) is 114 cm³/mol. The van der Waals surface area contributed by atoms with Crippen LogP contribution in [0.15, 0.2) is 21.3 Å². The lowest BCUT2D eigenvalue weighted by Crippen LogP contribution is -2.55. The molecule has 1 aromatic carbocycles. The van der Waals surface area contributed by atoms with Gasteiger partial charge in [-0.15, -0.1) is 0 Å². The summed E-state index contributed by atoms with van der Waals surface area (Å²) >= 11 is 0. The molecule has 1 unspecified atom stereocenters. The first kappa shape index (κ1) is 20.9. The lowest BCUT2D eigenvalue weighted by atomic mass is 9.72. The summed E-state index contributed by atoms with van der Waals surface area (Å²) in [6.07, 6.45) is 2.18. The van der Waals surface area contributed by atoms with Crippen LogP contribution >= 0.6 is 0 Å². The van der Waals surface area contributed by atoms with Gasteiger partial charge in [-0.3, -0.25) is 4.79 Å². The van der Waals surface area contributed by atoms with Crippen LogP contribution in [0.2, 0.25) is 0 Å². The van der Waals surface area contributed by atoms with Gasteiger partial charge in [0, 0.05) is 18.7 Å². The van der Waals surface area contributed by atoms with Gasteiger partial charge in [0.1, 0.15) is 11.3 Å². The molecule has 2 fully saturated rings. The number of benzene rings is 1. The number of likely N-dealkylation sites (tertiary alicyclic amines) is 1. The molecule has 3 heterocycles. The minimum atomic E-state index is -0.500. The van der Waals surface area contributed by atoms with Crippen LogP contribution in [0.25, 0.3) is 11.0 Å². The molecule has 0 saturated carbocycles. The number of carbonyl (C=O) groups excluding carboxylic acids is 1. The Morgan fingerprint density at radius 1 is 1.27 bits per heavy atom. The average Bonchev–Trinajstić information content (AvgIpc) is 2.69. The molecule has 0 bridgehead atoms. The first-order valence-corrected chi connectivity index (χ1v) is 10.6. The van der Waals surface area contributed by atoms with Crippen molar-refractivity contribution in [3.63, 3.8) is 0 Å². The first-order valence-electron chi connectivity index (χ1n) is 10.6. The van der Waals surface area contributed by atoms with Crippen LogP contribution in [-0.2, 0) is 4.79 Å². The second kappa shape index (κ2) is 8.04. The Morgan fingerprint density at radius 2 is 2.00 bits per heavy atom. The molecule has 30 heavy (non-hydrogen) atoms. The number of hydrogen-bond acceptors (Lipinski definition) is 6. The maximum atomic E-state index is 13.0. The zero-order valence-electron chi connectivity index (χ0n) is 17.9. The van der Waals surface area contributed by atoms with Crippen molar-refractivity contribution in [3.8, 4) is 5.75 Å². The molecule has 2 aliphatic heterocycles. The molecule has 7 nitrogen and oxygen atoms in total. The number of aryl methyl sites for hydroxylation is 2. The number of nitrogens with zero attached hydrogens (tertiary/aromatic N) is 1. The monoisotopic (exact) mass is 414 g/mol. The van der Waals surface area contributed by atoms with E-state index in [1.165, 1.54) is 0 Å². The first-order chi connectivity index (χ1) is 14.3. The molecule has 2 N–H and O–H groups in total. The van der Waals surface area contributed by atoms with Gasteiger partial charge < -0.3 is 24.5 Å². The molecular weight excluding hydrogens is 384 g/mol. The lowest BCUT2D eigenvalue weighted by molar-refractivity contribution is -0.141. The number of β-amino-alcohol motifs (C(OH)–C–C–N with tert-alkyl or cyclic N) is 1. The van der Waals surface area contributed by atoms with Gasteiger partial charge in [-0.1, -0.05) is 0 Å². The van der Waals surface area contributed by atoms with E-state index in [0.717, 1.165) is 48.9 Å². The Kier molecular flexibility index (Phi) is 5.59. The molecule has 7 heteroatoms. The van der Waals surface area contributed by atoms with Crippen molar-refractivity contribution in [1.29, 1.82) is 0 Å². The van der Waals surface area contributed by atoms with E-state index in [9.17, 15) is 14.7 Å². The van der Waals surface area contributed by atoms with Gasteiger partial charge in [-0.2, -0.15) is 0 Å². The van der Waals surface area contributed by atoms with Crippen molar-refractivity contribution in [2.75, 3.05) is 32.8 Å². The third kappa shape index (κ3) is 3.96. The fourth-order valence-corrected chi connectivity index (χ4v) is 4.89. The number of nitrogens with one attached hydrogen (secondary N) is 1. The molecule has 162 valence electrons. The van der Waals surface area contributed by atoms with Crippen LogP contribution in [0.3, 0.4) is 0 Å². The molecule has 1 aromatic heterocycles. The average molecular weight is 415 g/mol. The Labute approximate surface area is 176 Å². The highest BCUT2D eigenvalue weighted by Crippen LogP contribution is 2.38. The molecule has 2 saturated heterocycles. The highest BCUT2D eigenvalue weighted by Gasteiger charge is 2.41. The van der Waals surface area contributed by atoms with Crippen molar-refractivity contribution < 1.29 is 19.1 Å². The minimum absolute atomic E-state index is 0.00822. The number of hydrogen-bond donors (Lipinski definition) is 2. The molecule has 0 radical (unpaired) electrons. The number of piperidine rings is 2. The third-order valence-electron chi connectivity index (χ3n) is 6.65. The topological polar surface area (TPSA) is 92.0 Å². The fraction of sp³-hybridized carbons (Fsp3) is 0.565. The van der Waals surface area contributed by atoms with Crippen LogP contribution in [-0.4, -0.2) is 54.8 Å². The summed E-state index contributed by atoms with van der Waals surface area (Å²) in [6.45, 7) is 8.22. The summed E-state index contributed by atoms with van der Waals surface area (Å²) < 4.78 is 11.4. The van der Waals surface area contributed by atoms with E-state index in [0.29, 0.717) is 30.0 Å². The van der Waals surface area contributed by atoms with Crippen molar-refractivity contribution in [2.24, 2.45) is 5.41 Å². The van der Waals surface area contributed by atoms with E-state index in [-0.39, 0.29) is 23.6 Å². The predicted octanol–water partition coefficient (Wildman–Crippen LogP) is 2.06. The van der Waals surface area contributed by atoms with Gasteiger partial charge >= 0.3 is 5.63 Å². The smallest absolute Gasteiger partial charge is 0.339 e. The summed E-state index contributed by atoms with van der Waals surface area (Å²) in [5, 5.41) is 14.5. The van der Waals surface area contributed by atoms with E-state index in [2.05, 4.69) is 5.32 Å². The van der Waals surface area contributed by atoms with Gasteiger partial charge in [-0.05, 0) is 81.8 Å². The Morgan fingerprint density at radius 3 is 2.73 bits per heavy atom. The number of aliphatic hydroxyl groups is 1. The second-order valence-electron chi connectivity index (χ2n) is 8.95. The number of rotatable bonds is 3. The Hall–Kier alpha value is -2.38. The summed E-state index contributed by atoms with van der Waals surface area (Å²) in [4.78, 5) is 26.7. The zero-order valence-corrected chi connectivity index (χ0v) is 17.9. The number of ether oxygens (including phenoxy) is 1. The second-order valence-corrected chi connectivity index (χ2v) is 8.95. The van der Waals surface area contributed by atoms with Crippen molar-refractivity contribution >= 4 is 16.9 Å². The maximum Gasteiger partial charge on any atom is 0.339 e. The molecule has 2 aliphatic rings. The lowest BCUT2D eigenvalue weighted by Gasteiger charge is -2.47. The van der Waals surface area contributed by atoms with Crippen molar-refractivity contribution in [2.45, 2.75) is 46.1 Å². The van der Waals surface area contributed by atoms with E-state index >= 15 is 0 Å². The van der Waals surface area contributed by atoms with Crippen LogP contribution in [0, 0.1) is 26.2 Å². The van der Waals surface area contributed by atoms with Gasteiger partial charge in [0.15, 0.2) is 6.61 Å². The quantitative estimate of drug-likeness (QED) is 0.747. The number of fused-ring (bicyclic) bond motifs is 1. The van der Waals surface area contributed by atoms with Gasteiger partial charge in [-0.25, -0.2) is 4.79 Å². The molecular formula is C23H30N2O5. The summed E-state index contributed by atoms with van der Waals surface area (Å²) in [7, 11) is 0. The maximum absolute atomic E-state index is 13.0. The molecule has 0 aliphatic carbocycles. The van der Waals surface area contributed by atoms with E-state index < -0.39 is 6.10 Å². The number of carbonyl (C=O) groups is 1. The minimum Gasteiger partial charge on any atom is -0.483 e. The normalized spacial score (nSPS) is 21.2. The molecule has 1 atom stereocenters. The third-order valence-corrected chi connectivity index (χ3v) is 6.65.